The minimum Gasteiger partial charge on any atom is -0.545 e. The van der Waals surface area contributed by atoms with Crippen molar-refractivity contribution in [2.75, 3.05) is 47.5 Å². The minimum absolute atomic E-state index is 0.146. The van der Waals surface area contributed by atoms with Crippen molar-refractivity contribution in [3.8, 4) is 0 Å². The summed E-state index contributed by atoms with van der Waals surface area (Å²) in [5.74, 6) is -2.28. The van der Waals surface area contributed by atoms with Crippen LogP contribution in [-0.4, -0.2) is 82.3 Å². The Hall–Kier alpha value is -2.75. The molecule has 0 saturated carbocycles. The van der Waals surface area contributed by atoms with E-state index in [9.17, 15) is 19.5 Å². The van der Waals surface area contributed by atoms with E-state index in [1.165, 1.54) is 199 Å². The summed E-state index contributed by atoms with van der Waals surface area (Å²) in [5.41, 5.74) is 0. The summed E-state index contributed by atoms with van der Waals surface area (Å²) in [6, 6.07) is 0. The highest BCUT2D eigenvalue weighted by Crippen LogP contribution is 2.18. The fraction of sp³-hybridized carbons (Fsp3) is 0.836. The second-order valence-electron chi connectivity index (χ2n) is 23.0. The Labute approximate surface area is 470 Å². The maximum absolute atomic E-state index is 12.9. The van der Waals surface area contributed by atoms with Gasteiger partial charge in [0, 0.05) is 12.8 Å². The Kier molecular flexibility index (Phi) is 56.3. The molecule has 0 heterocycles. The predicted octanol–water partition coefficient (Wildman–Crippen LogP) is 18.1. The smallest absolute Gasteiger partial charge is 0.306 e. The Balaban J connectivity index is 4.11. The number of hydrogen-bond donors (Lipinski definition) is 0. The number of aliphatic carboxylic acids is 1. The number of quaternary nitrogens is 1. The van der Waals surface area contributed by atoms with Crippen LogP contribution in [0.3, 0.4) is 0 Å². The van der Waals surface area contributed by atoms with Crippen molar-refractivity contribution in [3.63, 3.8) is 0 Å². The number of hydrogen-bond acceptors (Lipinski definition) is 8. The molecule has 0 aromatic carbocycles. The third-order valence-electron chi connectivity index (χ3n) is 14.3. The molecule has 0 aromatic heterocycles. The van der Waals surface area contributed by atoms with Gasteiger partial charge in [-0.25, -0.2) is 0 Å². The van der Waals surface area contributed by atoms with E-state index in [0.29, 0.717) is 23.9 Å². The van der Waals surface area contributed by atoms with Crippen molar-refractivity contribution >= 4 is 17.9 Å². The van der Waals surface area contributed by atoms with Crippen molar-refractivity contribution in [3.05, 3.63) is 48.6 Å². The lowest BCUT2D eigenvalue weighted by Gasteiger charge is -2.26. The number of carbonyl (C=O) groups excluding carboxylic acids is 3. The highest BCUT2D eigenvalue weighted by atomic mass is 16.7. The molecular weight excluding hydrogens is 947 g/mol. The summed E-state index contributed by atoms with van der Waals surface area (Å²) in [7, 11) is 5.93. The molecule has 9 nitrogen and oxygen atoms in total. The van der Waals surface area contributed by atoms with Gasteiger partial charge in [0.15, 0.2) is 12.4 Å². The molecular formula is C67H123NO8. The summed E-state index contributed by atoms with van der Waals surface area (Å²) in [5, 5.41) is 11.8. The molecule has 0 saturated heterocycles. The number of unbranched alkanes of at least 4 members (excludes halogenated alkanes) is 37. The Bertz CT molecular complexity index is 1380. The van der Waals surface area contributed by atoms with E-state index in [-0.39, 0.29) is 32.2 Å². The Morgan fingerprint density at radius 1 is 0.408 bits per heavy atom. The quantitative estimate of drug-likeness (QED) is 0.0195. The zero-order chi connectivity index (χ0) is 55.5. The van der Waals surface area contributed by atoms with Gasteiger partial charge >= 0.3 is 11.9 Å². The number of ether oxygens (including phenoxy) is 4. The van der Waals surface area contributed by atoms with Crippen molar-refractivity contribution in [2.24, 2.45) is 0 Å². The van der Waals surface area contributed by atoms with E-state index in [1.807, 2.05) is 21.1 Å². The highest BCUT2D eigenvalue weighted by molar-refractivity contribution is 5.70. The van der Waals surface area contributed by atoms with E-state index < -0.39 is 24.3 Å². The van der Waals surface area contributed by atoms with Gasteiger partial charge < -0.3 is 33.3 Å². The third-order valence-corrected chi connectivity index (χ3v) is 14.3. The molecule has 9 heteroatoms. The molecule has 0 rings (SSSR count). The highest BCUT2D eigenvalue weighted by Gasteiger charge is 2.22. The monoisotopic (exact) mass is 1070 g/mol. The van der Waals surface area contributed by atoms with Crippen LogP contribution in [0.15, 0.2) is 48.6 Å². The van der Waals surface area contributed by atoms with Crippen LogP contribution in [0.5, 0.6) is 0 Å². The molecule has 0 bridgehead atoms. The van der Waals surface area contributed by atoms with Gasteiger partial charge in [0.05, 0.1) is 40.3 Å². The molecule has 0 fully saturated rings. The number of nitrogens with zero attached hydrogens (tertiary/aromatic N) is 1. The fourth-order valence-corrected chi connectivity index (χ4v) is 9.41. The maximum atomic E-state index is 12.9. The molecule has 0 aliphatic carbocycles. The first-order valence-corrected chi connectivity index (χ1v) is 32.3. The number of carbonyl (C=O) groups is 3. The molecule has 2 unspecified atom stereocenters. The first-order valence-electron chi connectivity index (χ1n) is 32.3. The lowest BCUT2D eigenvalue weighted by molar-refractivity contribution is -0.870. The SMILES string of the molecule is CC/C=C\C/C=C\C/C=C\C/C=C\CCCCCCCCCCC(=O)OC(COC(=O)CCCCCCCCCCCCCCCCCCCCCCCCCCCCCCCC)COC(OCC[N+](C)(C)C)C(=O)[O-]. The van der Waals surface area contributed by atoms with Crippen molar-refractivity contribution in [1.29, 1.82) is 0 Å². The Morgan fingerprint density at radius 2 is 0.750 bits per heavy atom. The zero-order valence-electron chi connectivity index (χ0n) is 50.6. The van der Waals surface area contributed by atoms with Gasteiger partial charge in [-0.2, -0.15) is 0 Å². The van der Waals surface area contributed by atoms with E-state index in [1.54, 1.807) is 0 Å². The van der Waals surface area contributed by atoms with Crippen LogP contribution in [0.2, 0.25) is 0 Å². The van der Waals surface area contributed by atoms with Crippen LogP contribution in [0.4, 0.5) is 0 Å². The van der Waals surface area contributed by atoms with Gasteiger partial charge in [0.1, 0.15) is 13.2 Å². The molecule has 0 aliphatic heterocycles. The molecule has 0 spiro atoms. The van der Waals surface area contributed by atoms with Crippen LogP contribution < -0.4 is 5.11 Å². The lowest BCUT2D eigenvalue weighted by atomic mass is 10.0. The molecule has 76 heavy (non-hydrogen) atoms. The van der Waals surface area contributed by atoms with Crippen LogP contribution in [0.25, 0.3) is 0 Å². The van der Waals surface area contributed by atoms with Gasteiger partial charge in [0.2, 0.25) is 0 Å². The lowest BCUT2D eigenvalue weighted by Crippen LogP contribution is -2.44. The van der Waals surface area contributed by atoms with Gasteiger partial charge in [-0.15, -0.1) is 0 Å². The van der Waals surface area contributed by atoms with E-state index in [0.717, 1.165) is 70.6 Å². The topological polar surface area (TPSA) is 111 Å². The van der Waals surface area contributed by atoms with Crippen LogP contribution >= 0.6 is 0 Å². The molecule has 444 valence electrons. The molecule has 0 aliphatic rings. The number of carboxylic acids is 1. The summed E-state index contributed by atoms with van der Waals surface area (Å²) in [4.78, 5) is 37.4. The van der Waals surface area contributed by atoms with Gasteiger partial charge in [-0.1, -0.05) is 287 Å². The summed E-state index contributed by atoms with van der Waals surface area (Å²) in [6.07, 6.45) is 70.4. The number of allylic oxidation sites excluding steroid dienone is 8. The number of carboxylic acid groups (broad SMARTS) is 1. The number of rotatable bonds is 60. The molecule has 0 amide bonds. The molecule has 2 atom stereocenters. The fourth-order valence-electron chi connectivity index (χ4n) is 9.41. The largest absolute Gasteiger partial charge is 0.545 e. The summed E-state index contributed by atoms with van der Waals surface area (Å²) in [6.45, 7) is 4.67. The average Bonchev–Trinajstić information content (AvgIpc) is 3.39. The van der Waals surface area contributed by atoms with E-state index >= 15 is 0 Å². The number of likely N-dealkylation sites (N-methyl/N-ethyl adjacent to an activating group) is 1. The van der Waals surface area contributed by atoms with Crippen molar-refractivity contribution in [2.45, 2.75) is 315 Å². The minimum atomic E-state index is -1.62. The zero-order valence-corrected chi connectivity index (χ0v) is 50.6. The number of esters is 2. The Morgan fingerprint density at radius 3 is 1.12 bits per heavy atom. The second kappa shape index (κ2) is 58.4. The first kappa shape index (κ1) is 73.2. The molecule has 0 aromatic rings. The van der Waals surface area contributed by atoms with Crippen molar-refractivity contribution in [1.82, 2.24) is 0 Å². The van der Waals surface area contributed by atoms with Crippen LogP contribution in [0.1, 0.15) is 303 Å². The first-order chi connectivity index (χ1) is 37.1. The second-order valence-corrected chi connectivity index (χ2v) is 23.0. The van der Waals surface area contributed by atoms with E-state index in [2.05, 4.69) is 62.5 Å². The van der Waals surface area contributed by atoms with Gasteiger partial charge in [-0.3, -0.25) is 9.59 Å². The normalized spacial score (nSPS) is 13.0. The maximum Gasteiger partial charge on any atom is 0.306 e. The van der Waals surface area contributed by atoms with E-state index in [4.69, 9.17) is 18.9 Å². The van der Waals surface area contributed by atoms with Crippen LogP contribution in [-0.2, 0) is 33.3 Å². The predicted molar refractivity (Wildman–Crippen MR) is 320 cm³/mol. The van der Waals surface area contributed by atoms with Gasteiger partial charge in [0.25, 0.3) is 0 Å². The summed E-state index contributed by atoms with van der Waals surface area (Å²) >= 11 is 0. The standard InChI is InChI=1S/C67H123NO8/c1-6-8-10-12-14-16-18-20-22-24-26-28-29-30-31-32-33-34-35-36-38-39-41-43-45-47-49-51-53-55-57-64(69)74-61-63(62-75-67(66(71)72)73-60-59-68(3,4)5)76-65(70)58-56-54-52-50-48-46-44-42-40-37-27-25-23-21-19-17-15-13-11-9-7-2/h9,11,15,17,21,23,27,37,63,67H,6-8,10,12-14,16,18-20,22,24-26,28-36,38-62H2,1-5H3/b11-9-,17-15-,23-21-,37-27-. The van der Waals surface area contributed by atoms with Crippen molar-refractivity contribution < 1.29 is 42.9 Å². The average molecular weight is 1070 g/mol. The van der Waals surface area contributed by atoms with Gasteiger partial charge in [-0.05, 0) is 51.4 Å². The third kappa shape index (κ3) is 58.9. The van der Waals surface area contributed by atoms with Crippen LogP contribution in [0, 0.1) is 0 Å². The molecule has 0 N–H and O–H groups in total. The molecule has 0 radical (unpaired) electrons. The summed E-state index contributed by atoms with van der Waals surface area (Å²) < 4.78 is 22.8.